The molecule has 26 heavy (non-hydrogen) atoms. The molecule has 0 spiro atoms. The number of methoxy groups -OCH3 is 2. The zero-order valence-electron chi connectivity index (χ0n) is 14.4. The molecule has 8 heteroatoms. The van der Waals surface area contributed by atoms with E-state index in [9.17, 15) is 9.59 Å². The topological polar surface area (TPSA) is 102 Å². The number of furan rings is 1. The molecule has 0 radical (unpaired) electrons. The molecule has 2 amide bonds. The Morgan fingerprint density at radius 2 is 2.00 bits per heavy atom. The minimum atomic E-state index is -0.457. The van der Waals surface area contributed by atoms with Crippen LogP contribution in [0.5, 0.6) is 11.5 Å². The van der Waals surface area contributed by atoms with Crippen molar-refractivity contribution >= 4 is 24.1 Å². The number of carbonyl (C=O) groups excluding carboxylic acids is 2. The Balaban J connectivity index is 1.77. The van der Waals surface area contributed by atoms with Gasteiger partial charge in [0.15, 0.2) is 11.5 Å². The van der Waals surface area contributed by atoms with E-state index in [1.807, 2.05) is 0 Å². The second kappa shape index (κ2) is 9.67. The third-order valence-electron chi connectivity index (χ3n) is 3.18. The summed E-state index contributed by atoms with van der Waals surface area (Å²) in [6, 6.07) is 8.63. The SMILES string of the molecule is COc1ccc(/C=N/NC(=O)CNC(=O)/C=C/c2ccco2)cc1OC. The van der Waals surface area contributed by atoms with E-state index in [0.29, 0.717) is 22.8 Å². The fraction of sp³-hybridized carbons (Fsp3) is 0.167. The number of rotatable bonds is 8. The van der Waals surface area contributed by atoms with Crippen LogP contribution < -0.4 is 20.2 Å². The van der Waals surface area contributed by atoms with Crippen molar-refractivity contribution < 1.29 is 23.5 Å². The molecular formula is C18H19N3O5. The largest absolute Gasteiger partial charge is 0.493 e. The summed E-state index contributed by atoms with van der Waals surface area (Å²) in [5.41, 5.74) is 3.04. The number of hydrogen-bond donors (Lipinski definition) is 2. The third kappa shape index (κ3) is 5.82. The highest BCUT2D eigenvalue weighted by molar-refractivity contribution is 5.94. The highest BCUT2D eigenvalue weighted by Gasteiger charge is 2.04. The van der Waals surface area contributed by atoms with E-state index < -0.39 is 11.8 Å². The van der Waals surface area contributed by atoms with Crippen LogP contribution in [0.15, 0.2) is 52.2 Å². The van der Waals surface area contributed by atoms with Crippen molar-refractivity contribution in [2.75, 3.05) is 20.8 Å². The van der Waals surface area contributed by atoms with Gasteiger partial charge >= 0.3 is 0 Å². The van der Waals surface area contributed by atoms with Gasteiger partial charge in [-0.3, -0.25) is 9.59 Å². The van der Waals surface area contributed by atoms with Gasteiger partial charge in [0.05, 0.1) is 33.2 Å². The van der Waals surface area contributed by atoms with Crippen molar-refractivity contribution in [1.29, 1.82) is 0 Å². The molecule has 0 aliphatic rings. The molecule has 0 fully saturated rings. The summed E-state index contributed by atoms with van der Waals surface area (Å²) in [7, 11) is 3.08. The molecular weight excluding hydrogens is 338 g/mol. The van der Waals surface area contributed by atoms with Crippen molar-refractivity contribution in [3.63, 3.8) is 0 Å². The predicted molar refractivity (Wildman–Crippen MR) is 96.0 cm³/mol. The summed E-state index contributed by atoms with van der Waals surface area (Å²) < 4.78 is 15.4. The number of nitrogens with one attached hydrogen (secondary N) is 2. The molecule has 0 saturated heterocycles. The van der Waals surface area contributed by atoms with Crippen LogP contribution in [0.1, 0.15) is 11.3 Å². The van der Waals surface area contributed by atoms with Gasteiger partial charge in [-0.1, -0.05) is 0 Å². The molecule has 0 bridgehead atoms. The lowest BCUT2D eigenvalue weighted by Gasteiger charge is -2.07. The van der Waals surface area contributed by atoms with Crippen LogP contribution in [0.2, 0.25) is 0 Å². The first-order chi connectivity index (χ1) is 12.6. The molecule has 2 aromatic rings. The quantitative estimate of drug-likeness (QED) is 0.424. The monoisotopic (exact) mass is 357 g/mol. The van der Waals surface area contributed by atoms with Gasteiger partial charge in [0.25, 0.3) is 5.91 Å². The number of hydrogen-bond acceptors (Lipinski definition) is 6. The first kappa shape index (κ1) is 18.8. The standard InChI is InChI=1S/C18H19N3O5/c1-24-15-7-5-13(10-16(15)25-2)11-20-21-18(23)12-19-17(22)8-6-14-4-3-9-26-14/h3-11H,12H2,1-2H3,(H,19,22)(H,21,23)/b8-6+,20-11+. The summed E-state index contributed by atoms with van der Waals surface area (Å²) in [4.78, 5) is 23.3. The Bertz CT molecular complexity index is 797. The molecule has 0 aliphatic carbocycles. The molecule has 1 heterocycles. The second-order valence-electron chi connectivity index (χ2n) is 4.97. The van der Waals surface area contributed by atoms with Gasteiger partial charge in [-0.25, -0.2) is 5.43 Å². The lowest BCUT2D eigenvalue weighted by molar-refractivity contribution is -0.123. The average molecular weight is 357 g/mol. The Morgan fingerprint density at radius 1 is 1.19 bits per heavy atom. The van der Waals surface area contributed by atoms with E-state index >= 15 is 0 Å². The molecule has 2 rings (SSSR count). The number of amides is 2. The lowest BCUT2D eigenvalue weighted by atomic mass is 10.2. The molecule has 0 aliphatic heterocycles. The van der Waals surface area contributed by atoms with Crippen molar-refractivity contribution in [3.05, 3.63) is 54.0 Å². The third-order valence-corrected chi connectivity index (χ3v) is 3.18. The lowest BCUT2D eigenvalue weighted by Crippen LogP contribution is -2.34. The maximum atomic E-state index is 11.7. The Hall–Kier alpha value is -3.55. The van der Waals surface area contributed by atoms with Gasteiger partial charge < -0.3 is 19.2 Å². The van der Waals surface area contributed by atoms with Gasteiger partial charge in [0.1, 0.15) is 5.76 Å². The zero-order chi connectivity index (χ0) is 18.8. The van der Waals surface area contributed by atoms with Crippen molar-refractivity contribution in [2.24, 2.45) is 5.10 Å². The Kier molecular flexibility index (Phi) is 6.99. The number of benzene rings is 1. The molecule has 8 nitrogen and oxygen atoms in total. The summed E-state index contributed by atoms with van der Waals surface area (Å²) in [5, 5.41) is 6.27. The van der Waals surface area contributed by atoms with E-state index in [1.165, 1.54) is 31.7 Å². The molecule has 0 saturated carbocycles. The normalized spacial score (nSPS) is 10.8. The van der Waals surface area contributed by atoms with Crippen LogP contribution in [0.25, 0.3) is 6.08 Å². The van der Waals surface area contributed by atoms with Crippen LogP contribution >= 0.6 is 0 Å². The summed E-state index contributed by atoms with van der Waals surface area (Å²) in [6.07, 6.45) is 5.74. The van der Waals surface area contributed by atoms with Gasteiger partial charge in [-0.05, 0) is 42.0 Å². The summed E-state index contributed by atoms with van der Waals surface area (Å²) >= 11 is 0. The molecule has 1 aromatic heterocycles. The number of hydrazone groups is 1. The van der Waals surface area contributed by atoms with E-state index in [2.05, 4.69) is 15.8 Å². The number of nitrogens with zero attached hydrogens (tertiary/aromatic N) is 1. The average Bonchev–Trinajstić information content (AvgIpc) is 3.18. The van der Waals surface area contributed by atoms with Crippen LogP contribution in [-0.2, 0) is 9.59 Å². The first-order valence-corrected chi connectivity index (χ1v) is 7.65. The smallest absolute Gasteiger partial charge is 0.259 e. The Labute approximate surface area is 150 Å². The maximum Gasteiger partial charge on any atom is 0.259 e. The fourth-order valence-corrected chi connectivity index (χ4v) is 1.92. The van der Waals surface area contributed by atoms with E-state index in [1.54, 1.807) is 37.4 Å². The molecule has 2 N–H and O–H groups in total. The van der Waals surface area contributed by atoms with E-state index in [-0.39, 0.29) is 6.54 Å². The minimum absolute atomic E-state index is 0.204. The summed E-state index contributed by atoms with van der Waals surface area (Å²) in [5.74, 6) is 0.823. The van der Waals surface area contributed by atoms with Crippen molar-refractivity contribution in [1.82, 2.24) is 10.7 Å². The second-order valence-corrected chi connectivity index (χ2v) is 4.97. The molecule has 1 aromatic carbocycles. The molecule has 0 unspecified atom stereocenters. The van der Waals surface area contributed by atoms with E-state index in [4.69, 9.17) is 13.9 Å². The molecule has 136 valence electrons. The number of carbonyl (C=O) groups is 2. The highest BCUT2D eigenvalue weighted by Crippen LogP contribution is 2.26. The van der Waals surface area contributed by atoms with Gasteiger partial charge in [0, 0.05) is 6.08 Å². The van der Waals surface area contributed by atoms with Crippen molar-refractivity contribution in [2.45, 2.75) is 0 Å². The van der Waals surface area contributed by atoms with Gasteiger partial charge in [0.2, 0.25) is 5.91 Å². The Morgan fingerprint density at radius 3 is 2.69 bits per heavy atom. The predicted octanol–water partition coefficient (Wildman–Crippen LogP) is 1.58. The maximum absolute atomic E-state index is 11.7. The zero-order valence-corrected chi connectivity index (χ0v) is 14.4. The van der Waals surface area contributed by atoms with Crippen LogP contribution in [0.3, 0.4) is 0 Å². The highest BCUT2D eigenvalue weighted by atomic mass is 16.5. The van der Waals surface area contributed by atoms with Crippen LogP contribution in [0, 0.1) is 0 Å². The van der Waals surface area contributed by atoms with E-state index in [0.717, 1.165) is 0 Å². The summed E-state index contributed by atoms with van der Waals surface area (Å²) in [6.45, 7) is -0.204. The first-order valence-electron chi connectivity index (χ1n) is 7.65. The van der Waals surface area contributed by atoms with Crippen LogP contribution in [0.4, 0.5) is 0 Å². The minimum Gasteiger partial charge on any atom is -0.493 e. The van der Waals surface area contributed by atoms with Crippen LogP contribution in [-0.4, -0.2) is 38.8 Å². The van der Waals surface area contributed by atoms with Crippen molar-refractivity contribution in [3.8, 4) is 11.5 Å². The van der Waals surface area contributed by atoms with Gasteiger partial charge in [-0.2, -0.15) is 5.10 Å². The number of ether oxygens (including phenoxy) is 2. The molecule has 0 atom stereocenters. The van der Waals surface area contributed by atoms with Gasteiger partial charge in [-0.15, -0.1) is 0 Å². The fourth-order valence-electron chi connectivity index (χ4n) is 1.92.